The average Bonchev–Trinajstić information content (AvgIpc) is 3.12. The fraction of sp³-hybridized carbons (Fsp3) is 0.600. The standard InChI is InChI=1S/C20H30N2O3/c1-4-8-19(23)22(14-16-9-7-12-18(13-16)25-3)15(2)20(24)21-17-10-5-6-11-17/h7,9,12-13,15,17H,4-6,8,10-11,14H2,1-3H3,(H,21,24). The van der Waals surface area contributed by atoms with Gasteiger partial charge in [0.15, 0.2) is 0 Å². The van der Waals surface area contributed by atoms with Gasteiger partial charge in [0.25, 0.3) is 0 Å². The smallest absolute Gasteiger partial charge is 0.242 e. The first kappa shape index (κ1) is 19.3. The van der Waals surface area contributed by atoms with Crippen molar-refractivity contribution >= 4 is 11.8 Å². The second-order valence-electron chi connectivity index (χ2n) is 6.79. The predicted octanol–water partition coefficient (Wildman–Crippen LogP) is 3.27. The Morgan fingerprint density at radius 3 is 2.68 bits per heavy atom. The number of rotatable bonds is 8. The molecular formula is C20H30N2O3. The van der Waals surface area contributed by atoms with Crippen molar-refractivity contribution < 1.29 is 14.3 Å². The highest BCUT2D eigenvalue weighted by atomic mass is 16.5. The monoisotopic (exact) mass is 346 g/mol. The molecule has 0 spiro atoms. The van der Waals surface area contributed by atoms with E-state index in [-0.39, 0.29) is 17.9 Å². The van der Waals surface area contributed by atoms with Gasteiger partial charge < -0.3 is 15.0 Å². The van der Waals surface area contributed by atoms with E-state index in [4.69, 9.17) is 4.74 Å². The van der Waals surface area contributed by atoms with Crippen LogP contribution in [0.1, 0.15) is 57.9 Å². The van der Waals surface area contributed by atoms with Gasteiger partial charge in [-0.1, -0.05) is 31.9 Å². The molecule has 2 amide bonds. The Labute approximate surface area is 150 Å². The van der Waals surface area contributed by atoms with Crippen molar-refractivity contribution in [1.29, 1.82) is 0 Å². The summed E-state index contributed by atoms with van der Waals surface area (Å²) in [6, 6.07) is 7.42. The number of amides is 2. The molecule has 0 aliphatic heterocycles. The normalized spacial score (nSPS) is 15.6. The molecule has 1 aromatic rings. The zero-order valence-corrected chi connectivity index (χ0v) is 15.6. The zero-order valence-electron chi connectivity index (χ0n) is 15.6. The van der Waals surface area contributed by atoms with Crippen LogP contribution in [-0.4, -0.2) is 35.9 Å². The van der Waals surface area contributed by atoms with E-state index in [0.29, 0.717) is 13.0 Å². The third-order valence-corrected chi connectivity index (χ3v) is 4.82. The summed E-state index contributed by atoms with van der Waals surface area (Å²) in [6.07, 6.45) is 5.63. The van der Waals surface area contributed by atoms with Crippen molar-refractivity contribution in [1.82, 2.24) is 10.2 Å². The Hall–Kier alpha value is -2.04. The van der Waals surface area contributed by atoms with Gasteiger partial charge in [-0.2, -0.15) is 0 Å². The second kappa shape index (κ2) is 9.44. The van der Waals surface area contributed by atoms with Gasteiger partial charge in [-0.05, 0) is 43.9 Å². The van der Waals surface area contributed by atoms with E-state index in [1.54, 1.807) is 12.0 Å². The van der Waals surface area contributed by atoms with Crippen molar-refractivity contribution in [2.75, 3.05) is 7.11 Å². The summed E-state index contributed by atoms with van der Waals surface area (Å²) in [6.45, 7) is 4.21. The topological polar surface area (TPSA) is 58.6 Å². The zero-order chi connectivity index (χ0) is 18.2. The highest BCUT2D eigenvalue weighted by Gasteiger charge is 2.28. The minimum absolute atomic E-state index is 0.0133. The molecule has 5 nitrogen and oxygen atoms in total. The van der Waals surface area contributed by atoms with Gasteiger partial charge in [0.05, 0.1) is 7.11 Å². The molecule has 1 aliphatic rings. The van der Waals surface area contributed by atoms with Gasteiger partial charge >= 0.3 is 0 Å². The maximum absolute atomic E-state index is 12.6. The molecule has 0 radical (unpaired) electrons. The lowest BCUT2D eigenvalue weighted by atomic mass is 10.1. The van der Waals surface area contributed by atoms with E-state index in [1.165, 1.54) is 12.8 Å². The molecule has 1 fully saturated rings. The summed E-state index contributed by atoms with van der Waals surface area (Å²) in [4.78, 5) is 26.9. The predicted molar refractivity (Wildman–Crippen MR) is 98.3 cm³/mol. The molecule has 5 heteroatoms. The minimum Gasteiger partial charge on any atom is -0.497 e. The highest BCUT2D eigenvalue weighted by molar-refractivity contribution is 5.87. The number of methoxy groups -OCH3 is 1. The molecule has 1 aromatic carbocycles. The Kier molecular flexibility index (Phi) is 7.29. The van der Waals surface area contributed by atoms with Gasteiger partial charge in [0.1, 0.15) is 11.8 Å². The summed E-state index contributed by atoms with van der Waals surface area (Å²) >= 11 is 0. The molecule has 25 heavy (non-hydrogen) atoms. The fourth-order valence-corrected chi connectivity index (χ4v) is 3.30. The second-order valence-corrected chi connectivity index (χ2v) is 6.79. The number of hydrogen-bond donors (Lipinski definition) is 1. The van der Waals surface area contributed by atoms with Gasteiger partial charge in [0.2, 0.25) is 11.8 Å². The Morgan fingerprint density at radius 1 is 1.32 bits per heavy atom. The summed E-state index contributed by atoms with van der Waals surface area (Å²) in [5.41, 5.74) is 0.962. The maximum atomic E-state index is 12.6. The minimum atomic E-state index is -0.481. The van der Waals surface area contributed by atoms with Gasteiger partial charge in [-0.15, -0.1) is 0 Å². The molecule has 0 saturated heterocycles. The number of nitrogens with one attached hydrogen (secondary N) is 1. The van der Waals surface area contributed by atoms with E-state index < -0.39 is 6.04 Å². The van der Waals surface area contributed by atoms with Crippen LogP contribution in [0.15, 0.2) is 24.3 Å². The van der Waals surface area contributed by atoms with Crippen molar-refractivity contribution in [2.45, 2.75) is 71.0 Å². The molecule has 1 unspecified atom stereocenters. The van der Waals surface area contributed by atoms with E-state index in [9.17, 15) is 9.59 Å². The summed E-state index contributed by atoms with van der Waals surface area (Å²) in [5.74, 6) is 0.710. The van der Waals surface area contributed by atoms with Gasteiger partial charge in [0, 0.05) is 19.0 Å². The van der Waals surface area contributed by atoms with Crippen LogP contribution in [-0.2, 0) is 16.1 Å². The number of carbonyl (C=O) groups excluding carboxylic acids is 2. The van der Waals surface area contributed by atoms with Gasteiger partial charge in [-0.25, -0.2) is 0 Å². The van der Waals surface area contributed by atoms with Crippen LogP contribution in [0.5, 0.6) is 5.75 Å². The molecule has 1 saturated carbocycles. The van der Waals surface area contributed by atoms with Crippen LogP contribution in [0, 0.1) is 0 Å². The summed E-state index contributed by atoms with van der Waals surface area (Å²) in [5, 5.41) is 3.11. The molecular weight excluding hydrogens is 316 g/mol. The SMILES string of the molecule is CCCC(=O)N(Cc1cccc(OC)c1)C(C)C(=O)NC1CCCC1. The quantitative estimate of drug-likeness (QED) is 0.786. The third kappa shape index (κ3) is 5.48. The number of hydrogen-bond acceptors (Lipinski definition) is 3. The van der Waals surface area contributed by atoms with Crippen LogP contribution in [0.4, 0.5) is 0 Å². The largest absolute Gasteiger partial charge is 0.497 e. The van der Waals surface area contributed by atoms with Crippen LogP contribution in [0.2, 0.25) is 0 Å². The van der Waals surface area contributed by atoms with Crippen molar-refractivity contribution in [3.63, 3.8) is 0 Å². The van der Waals surface area contributed by atoms with Crippen molar-refractivity contribution in [3.05, 3.63) is 29.8 Å². The Morgan fingerprint density at radius 2 is 2.04 bits per heavy atom. The first-order valence-corrected chi connectivity index (χ1v) is 9.28. The van der Waals surface area contributed by atoms with Crippen LogP contribution in [0.25, 0.3) is 0 Å². The van der Waals surface area contributed by atoms with Gasteiger partial charge in [-0.3, -0.25) is 9.59 Å². The number of carbonyl (C=O) groups is 2. The first-order valence-electron chi connectivity index (χ1n) is 9.28. The first-order chi connectivity index (χ1) is 12.0. The van der Waals surface area contributed by atoms with E-state index in [0.717, 1.165) is 30.6 Å². The lowest BCUT2D eigenvalue weighted by Crippen LogP contribution is -2.49. The number of ether oxygens (including phenoxy) is 1. The summed E-state index contributed by atoms with van der Waals surface area (Å²) in [7, 11) is 1.62. The molecule has 1 atom stereocenters. The lowest BCUT2D eigenvalue weighted by molar-refractivity contribution is -0.140. The van der Waals surface area contributed by atoms with Crippen molar-refractivity contribution in [3.8, 4) is 5.75 Å². The lowest BCUT2D eigenvalue weighted by Gasteiger charge is -2.29. The average molecular weight is 346 g/mol. The van der Waals surface area contributed by atoms with Crippen LogP contribution >= 0.6 is 0 Å². The van der Waals surface area contributed by atoms with E-state index in [1.807, 2.05) is 38.1 Å². The number of benzene rings is 1. The van der Waals surface area contributed by atoms with Crippen LogP contribution in [0.3, 0.4) is 0 Å². The molecule has 0 aromatic heterocycles. The maximum Gasteiger partial charge on any atom is 0.242 e. The third-order valence-electron chi connectivity index (χ3n) is 4.82. The van der Waals surface area contributed by atoms with E-state index in [2.05, 4.69) is 5.32 Å². The number of nitrogens with zero attached hydrogens (tertiary/aromatic N) is 1. The molecule has 0 heterocycles. The van der Waals surface area contributed by atoms with Crippen LogP contribution < -0.4 is 10.1 Å². The molecule has 0 bridgehead atoms. The molecule has 138 valence electrons. The Bertz CT molecular complexity index is 582. The fourth-order valence-electron chi connectivity index (χ4n) is 3.30. The molecule has 1 aliphatic carbocycles. The summed E-state index contributed by atoms with van der Waals surface area (Å²) < 4.78 is 5.26. The Balaban J connectivity index is 2.10. The van der Waals surface area contributed by atoms with Crippen molar-refractivity contribution in [2.24, 2.45) is 0 Å². The highest BCUT2D eigenvalue weighted by Crippen LogP contribution is 2.19. The molecule has 2 rings (SSSR count). The molecule has 1 N–H and O–H groups in total. The van der Waals surface area contributed by atoms with E-state index >= 15 is 0 Å².